The number of phenolic OH excluding ortho intramolecular Hbond substituents is 2. The average molecular weight is 336 g/mol. The quantitative estimate of drug-likeness (QED) is 0.252. The molecule has 0 spiro atoms. The van der Waals surface area contributed by atoms with Crippen molar-refractivity contribution in [1.29, 1.82) is 0 Å². The van der Waals surface area contributed by atoms with Crippen molar-refractivity contribution in [2.45, 2.75) is 0 Å². The van der Waals surface area contributed by atoms with E-state index in [1.807, 2.05) is 0 Å². The Bertz CT molecular complexity index is 954. The Kier molecular flexibility index (Phi) is 4.18. The zero-order chi connectivity index (χ0) is 18.0. The largest absolute Gasteiger partial charge is 0.506 e. The number of benzene rings is 3. The second kappa shape index (κ2) is 6.45. The molecule has 6 N–H and O–H groups in total. The maximum Gasteiger partial charge on any atom is 0.344 e. The minimum absolute atomic E-state index is 0.0267. The van der Waals surface area contributed by atoms with Crippen LogP contribution in [-0.2, 0) is 0 Å². The van der Waals surface area contributed by atoms with Gasteiger partial charge >= 0.3 is 5.97 Å². The molecule has 0 atom stereocenters. The van der Waals surface area contributed by atoms with E-state index in [0.29, 0.717) is 16.7 Å². The van der Waals surface area contributed by atoms with Crippen LogP contribution in [0, 0.1) is 0 Å². The molecule has 0 aromatic heterocycles. The number of nitrogens with two attached hydrogens (primary N) is 2. The second-order valence-electron chi connectivity index (χ2n) is 5.43. The third kappa shape index (κ3) is 3.32. The number of phenols is 2. The second-order valence-corrected chi connectivity index (χ2v) is 5.43. The summed E-state index contributed by atoms with van der Waals surface area (Å²) in [7, 11) is 0. The topological polar surface area (TPSA) is 119 Å². The number of anilines is 2. The van der Waals surface area contributed by atoms with Gasteiger partial charge in [-0.2, -0.15) is 0 Å². The number of hydrogen-bond donors (Lipinski definition) is 4. The SMILES string of the molecule is Nc1cc(-c2ccccc2C(=O)Oc2ccc(N)c(O)c2)ccc1O. The first-order valence-corrected chi connectivity index (χ1v) is 7.44. The van der Waals surface area contributed by atoms with E-state index < -0.39 is 5.97 Å². The van der Waals surface area contributed by atoms with Crippen molar-refractivity contribution < 1.29 is 19.7 Å². The zero-order valence-electron chi connectivity index (χ0n) is 13.1. The molecule has 0 unspecified atom stereocenters. The number of carbonyl (C=O) groups is 1. The van der Waals surface area contributed by atoms with Gasteiger partial charge in [0, 0.05) is 6.07 Å². The van der Waals surface area contributed by atoms with Crippen LogP contribution < -0.4 is 16.2 Å². The van der Waals surface area contributed by atoms with Crippen molar-refractivity contribution in [3.63, 3.8) is 0 Å². The molecule has 3 rings (SSSR count). The van der Waals surface area contributed by atoms with Crippen LogP contribution in [0.15, 0.2) is 60.7 Å². The Morgan fingerprint density at radius 1 is 0.840 bits per heavy atom. The minimum atomic E-state index is -0.591. The predicted octanol–water partition coefficient (Wildman–Crippen LogP) is 3.15. The molecule has 0 radical (unpaired) electrons. The summed E-state index contributed by atoms with van der Waals surface area (Å²) >= 11 is 0. The van der Waals surface area contributed by atoms with Crippen molar-refractivity contribution in [2.24, 2.45) is 0 Å². The number of rotatable bonds is 3. The van der Waals surface area contributed by atoms with Crippen LogP contribution in [0.25, 0.3) is 11.1 Å². The lowest BCUT2D eigenvalue weighted by molar-refractivity contribution is 0.0735. The van der Waals surface area contributed by atoms with Gasteiger partial charge in [-0.1, -0.05) is 24.3 Å². The van der Waals surface area contributed by atoms with E-state index in [4.69, 9.17) is 16.2 Å². The third-order valence-electron chi connectivity index (χ3n) is 3.70. The Balaban J connectivity index is 1.95. The van der Waals surface area contributed by atoms with Crippen LogP contribution in [0.3, 0.4) is 0 Å². The summed E-state index contributed by atoms with van der Waals surface area (Å²) in [5.74, 6) is -0.603. The van der Waals surface area contributed by atoms with Crippen LogP contribution in [0.2, 0.25) is 0 Å². The summed E-state index contributed by atoms with van der Waals surface area (Å²) in [6.45, 7) is 0. The highest BCUT2D eigenvalue weighted by Gasteiger charge is 2.16. The van der Waals surface area contributed by atoms with E-state index in [1.54, 1.807) is 36.4 Å². The molecule has 6 heteroatoms. The molecule has 0 bridgehead atoms. The standard InChI is InChI=1S/C19H16N2O4/c20-15-7-6-12(10-18(15)23)25-19(24)14-4-2-1-3-13(14)11-5-8-17(22)16(21)9-11/h1-10,22-23H,20-21H2. The van der Waals surface area contributed by atoms with Crippen LogP contribution in [0.4, 0.5) is 11.4 Å². The number of nitrogen functional groups attached to an aromatic ring is 2. The first kappa shape index (κ1) is 16.2. The molecule has 0 heterocycles. The molecule has 0 saturated carbocycles. The Hall–Kier alpha value is -3.67. The number of aromatic hydroxyl groups is 2. The van der Waals surface area contributed by atoms with Gasteiger partial charge in [0.1, 0.15) is 17.2 Å². The maximum absolute atomic E-state index is 12.5. The highest BCUT2D eigenvalue weighted by Crippen LogP contribution is 2.31. The van der Waals surface area contributed by atoms with Gasteiger partial charge in [0.25, 0.3) is 0 Å². The lowest BCUT2D eigenvalue weighted by atomic mass is 9.99. The monoisotopic (exact) mass is 336 g/mol. The molecule has 25 heavy (non-hydrogen) atoms. The van der Waals surface area contributed by atoms with E-state index >= 15 is 0 Å². The van der Waals surface area contributed by atoms with Gasteiger partial charge in [0.15, 0.2) is 0 Å². The zero-order valence-corrected chi connectivity index (χ0v) is 13.1. The first-order chi connectivity index (χ1) is 12.0. The summed E-state index contributed by atoms with van der Waals surface area (Å²) in [5.41, 5.74) is 13.3. The van der Waals surface area contributed by atoms with E-state index in [2.05, 4.69) is 0 Å². The van der Waals surface area contributed by atoms with Crippen LogP contribution in [0.1, 0.15) is 10.4 Å². The van der Waals surface area contributed by atoms with Crippen molar-refractivity contribution in [3.8, 4) is 28.4 Å². The molecule has 0 saturated heterocycles. The highest BCUT2D eigenvalue weighted by molar-refractivity contribution is 5.98. The number of esters is 1. The fraction of sp³-hybridized carbons (Fsp3) is 0. The first-order valence-electron chi connectivity index (χ1n) is 7.44. The van der Waals surface area contributed by atoms with Gasteiger partial charge in [-0.05, 0) is 41.5 Å². The van der Waals surface area contributed by atoms with Crippen molar-refractivity contribution in [2.75, 3.05) is 11.5 Å². The molecule has 126 valence electrons. The molecule has 0 amide bonds. The number of hydrogen-bond acceptors (Lipinski definition) is 6. The summed E-state index contributed by atoms with van der Waals surface area (Å²) in [6, 6.07) is 15.8. The lowest BCUT2D eigenvalue weighted by Crippen LogP contribution is -2.10. The average Bonchev–Trinajstić information content (AvgIpc) is 2.60. The summed E-state index contributed by atoms with van der Waals surface area (Å²) < 4.78 is 5.32. The van der Waals surface area contributed by atoms with Gasteiger partial charge in [0.2, 0.25) is 0 Å². The molecular formula is C19H16N2O4. The normalized spacial score (nSPS) is 10.4. The molecule has 0 aliphatic heterocycles. The number of carbonyl (C=O) groups excluding carboxylic acids is 1. The summed E-state index contributed by atoms with van der Waals surface area (Å²) in [5, 5.41) is 19.2. The molecule has 3 aromatic carbocycles. The van der Waals surface area contributed by atoms with E-state index in [0.717, 1.165) is 0 Å². The smallest absolute Gasteiger partial charge is 0.344 e. The summed E-state index contributed by atoms with van der Waals surface area (Å²) in [4.78, 5) is 12.5. The van der Waals surface area contributed by atoms with Gasteiger partial charge in [-0.25, -0.2) is 4.79 Å². The van der Waals surface area contributed by atoms with Crippen LogP contribution >= 0.6 is 0 Å². The van der Waals surface area contributed by atoms with Crippen LogP contribution in [0.5, 0.6) is 17.2 Å². The molecule has 0 fully saturated rings. The molecule has 6 nitrogen and oxygen atoms in total. The van der Waals surface area contributed by atoms with Crippen molar-refractivity contribution >= 4 is 17.3 Å². The lowest BCUT2D eigenvalue weighted by Gasteiger charge is -2.11. The summed E-state index contributed by atoms with van der Waals surface area (Å²) in [6.07, 6.45) is 0. The molecule has 0 aliphatic rings. The van der Waals surface area contributed by atoms with E-state index in [9.17, 15) is 15.0 Å². The Labute approximate surface area is 143 Å². The van der Waals surface area contributed by atoms with Gasteiger partial charge in [0.05, 0.1) is 16.9 Å². The van der Waals surface area contributed by atoms with Gasteiger partial charge in [-0.15, -0.1) is 0 Å². The van der Waals surface area contributed by atoms with Crippen molar-refractivity contribution in [3.05, 3.63) is 66.2 Å². The molecular weight excluding hydrogens is 320 g/mol. The predicted molar refractivity (Wildman–Crippen MR) is 95.4 cm³/mol. The Morgan fingerprint density at radius 3 is 2.32 bits per heavy atom. The molecule has 0 aliphatic carbocycles. The highest BCUT2D eigenvalue weighted by atomic mass is 16.5. The van der Waals surface area contributed by atoms with Crippen molar-refractivity contribution in [1.82, 2.24) is 0 Å². The molecule has 3 aromatic rings. The van der Waals surface area contributed by atoms with Crippen LogP contribution in [-0.4, -0.2) is 16.2 Å². The minimum Gasteiger partial charge on any atom is -0.506 e. The van der Waals surface area contributed by atoms with E-state index in [-0.39, 0.29) is 28.6 Å². The van der Waals surface area contributed by atoms with Gasteiger partial charge < -0.3 is 26.4 Å². The Morgan fingerprint density at radius 2 is 1.60 bits per heavy atom. The number of ether oxygens (including phenoxy) is 1. The van der Waals surface area contributed by atoms with Gasteiger partial charge in [-0.3, -0.25) is 0 Å². The maximum atomic E-state index is 12.5. The fourth-order valence-electron chi connectivity index (χ4n) is 2.38. The fourth-order valence-corrected chi connectivity index (χ4v) is 2.38. The van der Waals surface area contributed by atoms with E-state index in [1.165, 1.54) is 24.3 Å². The third-order valence-corrected chi connectivity index (χ3v) is 3.70.